The number of halogens is 1. The van der Waals surface area contributed by atoms with E-state index in [0.29, 0.717) is 5.56 Å². The molecule has 0 saturated heterocycles. The Hall–Kier alpha value is -3.72. The van der Waals surface area contributed by atoms with E-state index in [-0.39, 0.29) is 28.8 Å². The fourth-order valence-corrected chi connectivity index (χ4v) is 3.82. The van der Waals surface area contributed by atoms with E-state index in [2.05, 4.69) is 14.9 Å². The Morgan fingerprint density at radius 3 is 2.24 bits per heavy atom. The molecule has 0 aliphatic rings. The van der Waals surface area contributed by atoms with Crippen molar-refractivity contribution in [2.45, 2.75) is 4.90 Å². The van der Waals surface area contributed by atoms with Gasteiger partial charge in [0.1, 0.15) is 16.5 Å². The number of aromatic nitrogens is 2. The van der Waals surface area contributed by atoms with Crippen molar-refractivity contribution in [1.29, 1.82) is 0 Å². The molecule has 0 aliphatic heterocycles. The average Bonchev–Trinajstić information content (AvgIpc) is 3.21. The van der Waals surface area contributed by atoms with E-state index in [4.69, 9.17) is 4.42 Å². The summed E-state index contributed by atoms with van der Waals surface area (Å²) < 4.78 is 47.4. The Balaban J connectivity index is 1.70. The number of rotatable bonds is 5. The van der Waals surface area contributed by atoms with Gasteiger partial charge in [0.15, 0.2) is 0 Å². The molecule has 0 spiro atoms. The number of nitrogens with one attached hydrogen (secondary N) is 1. The molecule has 146 valence electrons. The predicted molar refractivity (Wildman–Crippen MR) is 104 cm³/mol. The Morgan fingerprint density at radius 2 is 1.52 bits per heavy atom. The minimum atomic E-state index is -4.32. The molecule has 0 saturated carbocycles. The Kier molecular flexibility index (Phi) is 4.73. The molecule has 1 aromatic heterocycles. The molecule has 0 atom stereocenters. The Bertz CT molecular complexity index is 1270. The summed E-state index contributed by atoms with van der Waals surface area (Å²) >= 11 is 0. The highest BCUT2D eigenvalue weighted by Gasteiger charge is 2.22. The van der Waals surface area contributed by atoms with E-state index >= 15 is 0 Å². The Morgan fingerprint density at radius 1 is 0.862 bits per heavy atom. The van der Waals surface area contributed by atoms with Crippen LogP contribution in [-0.4, -0.2) is 23.7 Å². The highest BCUT2D eigenvalue weighted by atomic mass is 32.2. The standard InChI is InChI=1S/C20H14FN3O4S/c21-15-11-10-14(20-23-22-19(28-20)13-6-2-1-3-7-13)12-18(15)29(26,27)24-16-8-4-5-9-17(16)25/h1-12,24-25H. The fourth-order valence-electron chi connectivity index (χ4n) is 2.64. The maximum Gasteiger partial charge on any atom is 0.264 e. The molecule has 7 nitrogen and oxygen atoms in total. The molecule has 0 bridgehead atoms. The quantitative estimate of drug-likeness (QED) is 0.480. The summed E-state index contributed by atoms with van der Waals surface area (Å²) in [5.74, 6) is -0.943. The third-order valence-corrected chi connectivity index (χ3v) is 5.44. The monoisotopic (exact) mass is 411 g/mol. The molecule has 0 aliphatic carbocycles. The van der Waals surface area contributed by atoms with Crippen molar-refractivity contribution in [2.75, 3.05) is 4.72 Å². The summed E-state index contributed by atoms with van der Waals surface area (Å²) in [6.07, 6.45) is 0. The second kappa shape index (κ2) is 7.36. The maximum atomic E-state index is 14.3. The first-order valence-corrected chi connectivity index (χ1v) is 9.92. The number of aromatic hydroxyl groups is 1. The molecule has 0 radical (unpaired) electrons. The largest absolute Gasteiger partial charge is 0.506 e. The van der Waals surface area contributed by atoms with E-state index < -0.39 is 20.7 Å². The van der Waals surface area contributed by atoms with Crippen LogP contribution in [0.5, 0.6) is 5.75 Å². The smallest absolute Gasteiger partial charge is 0.264 e. The van der Waals surface area contributed by atoms with Crippen LogP contribution in [0.1, 0.15) is 0 Å². The molecule has 29 heavy (non-hydrogen) atoms. The lowest BCUT2D eigenvalue weighted by atomic mass is 10.2. The van der Waals surface area contributed by atoms with Gasteiger partial charge in [0, 0.05) is 11.1 Å². The molecular weight excluding hydrogens is 397 g/mol. The number of phenolic OH excluding ortho intramolecular Hbond substituents is 1. The predicted octanol–water partition coefficient (Wildman–Crippen LogP) is 4.05. The molecule has 0 fully saturated rings. The van der Waals surface area contributed by atoms with Crippen molar-refractivity contribution in [2.24, 2.45) is 0 Å². The van der Waals surface area contributed by atoms with Gasteiger partial charge in [-0.1, -0.05) is 30.3 Å². The summed E-state index contributed by atoms with van der Waals surface area (Å²) in [5.41, 5.74) is 0.864. The zero-order valence-corrected chi connectivity index (χ0v) is 15.6. The van der Waals surface area contributed by atoms with Gasteiger partial charge in [-0.25, -0.2) is 12.8 Å². The summed E-state index contributed by atoms with van der Waals surface area (Å²) in [4.78, 5) is -0.613. The maximum absolute atomic E-state index is 14.3. The van der Waals surface area contributed by atoms with E-state index in [1.54, 1.807) is 12.1 Å². The third kappa shape index (κ3) is 3.81. The van der Waals surface area contributed by atoms with Gasteiger partial charge in [-0.15, -0.1) is 10.2 Å². The molecule has 1 heterocycles. The van der Waals surface area contributed by atoms with Crippen molar-refractivity contribution in [1.82, 2.24) is 10.2 Å². The van der Waals surface area contributed by atoms with E-state index in [1.807, 2.05) is 18.2 Å². The molecule has 2 N–H and O–H groups in total. The lowest BCUT2D eigenvalue weighted by Gasteiger charge is -2.10. The first kappa shape index (κ1) is 18.6. The fraction of sp³-hybridized carbons (Fsp3) is 0. The number of sulfonamides is 1. The molecule has 9 heteroatoms. The van der Waals surface area contributed by atoms with Crippen molar-refractivity contribution in [3.05, 3.63) is 78.6 Å². The van der Waals surface area contributed by atoms with Gasteiger partial charge in [-0.2, -0.15) is 0 Å². The molecule has 0 amide bonds. The number of hydrogen-bond donors (Lipinski definition) is 2. The van der Waals surface area contributed by atoms with Gasteiger partial charge in [-0.05, 0) is 42.5 Å². The number of benzene rings is 3. The van der Waals surface area contributed by atoms with Crippen LogP contribution in [0.2, 0.25) is 0 Å². The molecule has 4 rings (SSSR count). The van der Waals surface area contributed by atoms with Gasteiger partial charge >= 0.3 is 0 Å². The first-order chi connectivity index (χ1) is 13.9. The summed E-state index contributed by atoms with van der Waals surface area (Å²) in [6.45, 7) is 0. The van der Waals surface area contributed by atoms with Crippen LogP contribution in [0.15, 0.2) is 82.1 Å². The van der Waals surface area contributed by atoms with Crippen LogP contribution >= 0.6 is 0 Å². The van der Waals surface area contributed by atoms with E-state index in [1.165, 1.54) is 30.3 Å². The van der Waals surface area contributed by atoms with Crippen LogP contribution in [0.3, 0.4) is 0 Å². The zero-order valence-electron chi connectivity index (χ0n) is 14.8. The summed E-state index contributed by atoms with van der Waals surface area (Å²) in [6, 6.07) is 18.2. The second-order valence-electron chi connectivity index (χ2n) is 6.05. The van der Waals surface area contributed by atoms with Crippen molar-refractivity contribution in [3.8, 4) is 28.7 Å². The Labute approximate surface area is 165 Å². The molecule has 0 unspecified atom stereocenters. The lowest BCUT2D eigenvalue weighted by molar-refractivity contribution is 0.477. The van der Waals surface area contributed by atoms with Gasteiger partial charge in [-0.3, -0.25) is 4.72 Å². The number of phenols is 1. The van der Waals surface area contributed by atoms with E-state index in [9.17, 15) is 17.9 Å². The van der Waals surface area contributed by atoms with E-state index in [0.717, 1.165) is 12.1 Å². The van der Waals surface area contributed by atoms with Crippen molar-refractivity contribution in [3.63, 3.8) is 0 Å². The summed E-state index contributed by atoms with van der Waals surface area (Å²) in [7, 11) is -4.32. The number of para-hydroxylation sites is 2. The third-order valence-electron chi connectivity index (χ3n) is 4.06. The number of hydrogen-bond acceptors (Lipinski definition) is 6. The van der Waals surface area contributed by atoms with Crippen LogP contribution < -0.4 is 4.72 Å². The first-order valence-electron chi connectivity index (χ1n) is 8.44. The second-order valence-corrected chi connectivity index (χ2v) is 7.70. The van der Waals surface area contributed by atoms with Crippen LogP contribution in [0, 0.1) is 5.82 Å². The minimum Gasteiger partial charge on any atom is -0.506 e. The molecular formula is C20H14FN3O4S. The normalized spacial score (nSPS) is 11.3. The van der Waals surface area contributed by atoms with Crippen LogP contribution in [-0.2, 0) is 10.0 Å². The minimum absolute atomic E-state index is 0.0443. The van der Waals surface area contributed by atoms with Gasteiger partial charge in [0.2, 0.25) is 11.8 Å². The summed E-state index contributed by atoms with van der Waals surface area (Å²) in [5, 5.41) is 17.6. The van der Waals surface area contributed by atoms with Gasteiger partial charge in [0.25, 0.3) is 10.0 Å². The van der Waals surface area contributed by atoms with Crippen molar-refractivity contribution >= 4 is 15.7 Å². The van der Waals surface area contributed by atoms with Crippen molar-refractivity contribution < 1.29 is 22.3 Å². The SMILES string of the molecule is O=S(=O)(Nc1ccccc1O)c1cc(-c2nnc(-c3ccccc3)o2)ccc1F. The highest BCUT2D eigenvalue weighted by Crippen LogP contribution is 2.29. The van der Waals surface area contributed by atoms with Gasteiger partial charge in [0.05, 0.1) is 5.69 Å². The van der Waals surface area contributed by atoms with Crippen LogP contribution in [0.25, 0.3) is 22.9 Å². The molecule has 3 aromatic carbocycles. The average molecular weight is 411 g/mol. The highest BCUT2D eigenvalue weighted by molar-refractivity contribution is 7.92. The zero-order chi connectivity index (χ0) is 20.4. The molecule has 4 aromatic rings. The van der Waals surface area contributed by atoms with Crippen LogP contribution in [0.4, 0.5) is 10.1 Å². The number of anilines is 1. The number of nitrogens with zero attached hydrogens (tertiary/aromatic N) is 2. The lowest BCUT2D eigenvalue weighted by Crippen LogP contribution is -2.14. The topological polar surface area (TPSA) is 105 Å². The van der Waals surface area contributed by atoms with Gasteiger partial charge < -0.3 is 9.52 Å².